The maximum absolute atomic E-state index is 12.2. The van der Waals surface area contributed by atoms with Gasteiger partial charge in [-0.25, -0.2) is 0 Å². The van der Waals surface area contributed by atoms with Crippen LogP contribution < -0.4 is 0 Å². The summed E-state index contributed by atoms with van der Waals surface area (Å²) in [6.45, 7) is 4.02. The number of hydrogen-bond acceptors (Lipinski definition) is 2. The fraction of sp³-hybridized carbons (Fsp3) is 0.154. The molecule has 0 radical (unpaired) electrons. The van der Waals surface area contributed by atoms with Crippen LogP contribution in [-0.4, -0.2) is 5.78 Å². The lowest BCUT2D eigenvalue weighted by molar-refractivity contribution is 0.104. The predicted molar refractivity (Wildman–Crippen MR) is 71.4 cm³/mol. The first-order chi connectivity index (χ1) is 7.56. The second-order valence-electron chi connectivity index (χ2n) is 3.81. The lowest BCUT2D eigenvalue weighted by atomic mass is 10.0. The number of carbonyl (C=O) groups excluding carboxylic acids is 1. The van der Waals surface area contributed by atoms with Crippen molar-refractivity contribution in [2.45, 2.75) is 13.8 Å². The summed E-state index contributed by atoms with van der Waals surface area (Å²) in [5.74, 6) is 0.0995. The van der Waals surface area contributed by atoms with Crippen molar-refractivity contribution in [3.63, 3.8) is 0 Å². The van der Waals surface area contributed by atoms with Crippen molar-refractivity contribution in [3.05, 3.63) is 55.7 Å². The number of halogens is 1. The Bertz CT molecular complexity index is 522. The molecule has 0 saturated heterocycles. The fourth-order valence-electron chi connectivity index (χ4n) is 1.68. The lowest BCUT2D eigenvalue weighted by Gasteiger charge is -2.02. The Morgan fingerprint density at radius 2 is 1.75 bits per heavy atom. The SMILES string of the molecule is Cc1cc(C)cc(C(=O)c2ccc(Br)s2)c1. The van der Waals surface area contributed by atoms with Gasteiger partial charge in [-0.15, -0.1) is 11.3 Å². The molecule has 0 bridgehead atoms. The minimum absolute atomic E-state index is 0.0995. The van der Waals surface area contributed by atoms with Gasteiger partial charge in [0.25, 0.3) is 0 Å². The quantitative estimate of drug-likeness (QED) is 0.752. The van der Waals surface area contributed by atoms with Crippen LogP contribution in [0.2, 0.25) is 0 Å². The summed E-state index contributed by atoms with van der Waals surface area (Å²) in [7, 11) is 0. The lowest BCUT2D eigenvalue weighted by Crippen LogP contribution is -1.99. The molecule has 0 saturated carbocycles. The van der Waals surface area contributed by atoms with Gasteiger partial charge in [-0.3, -0.25) is 4.79 Å². The standard InChI is InChI=1S/C13H11BrOS/c1-8-5-9(2)7-10(6-8)13(15)11-3-4-12(14)16-11/h3-7H,1-2H3. The van der Waals surface area contributed by atoms with Crippen molar-refractivity contribution >= 4 is 33.0 Å². The summed E-state index contributed by atoms with van der Waals surface area (Å²) in [6.07, 6.45) is 0. The van der Waals surface area contributed by atoms with Crippen molar-refractivity contribution in [2.24, 2.45) is 0 Å². The molecule has 82 valence electrons. The van der Waals surface area contributed by atoms with Gasteiger partial charge in [0.15, 0.2) is 0 Å². The van der Waals surface area contributed by atoms with Crippen LogP contribution in [0.1, 0.15) is 26.4 Å². The molecule has 1 aromatic carbocycles. The highest BCUT2D eigenvalue weighted by Crippen LogP contribution is 2.25. The van der Waals surface area contributed by atoms with Crippen LogP contribution in [0.15, 0.2) is 34.1 Å². The van der Waals surface area contributed by atoms with Crippen LogP contribution in [0.3, 0.4) is 0 Å². The second kappa shape index (κ2) is 4.52. The summed E-state index contributed by atoms with van der Waals surface area (Å²) in [4.78, 5) is 12.9. The smallest absolute Gasteiger partial charge is 0.202 e. The highest BCUT2D eigenvalue weighted by atomic mass is 79.9. The van der Waals surface area contributed by atoms with E-state index in [9.17, 15) is 4.79 Å². The molecular formula is C13H11BrOS. The van der Waals surface area contributed by atoms with E-state index < -0.39 is 0 Å². The molecule has 2 aromatic rings. The third-order valence-corrected chi connectivity index (χ3v) is 3.90. The number of carbonyl (C=O) groups is 1. The Labute approximate surface area is 107 Å². The highest BCUT2D eigenvalue weighted by Gasteiger charge is 2.11. The van der Waals surface area contributed by atoms with Gasteiger partial charge in [-0.05, 0) is 54.0 Å². The van der Waals surface area contributed by atoms with Crippen molar-refractivity contribution in [3.8, 4) is 0 Å². The van der Waals surface area contributed by atoms with Gasteiger partial charge in [-0.1, -0.05) is 17.2 Å². The molecule has 1 nitrogen and oxygen atoms in total. The predicted octanol–water partition coefficient (Wildman–Crippen LogP) is 4.36. The zero-order valence-electron chi connectivity index (χ0n) is 9.08. The Morgan fingerprint density at radius 1 is 1.12 bits per heavy atom. The molecule has 0 amide bonds. The molecule has 16 heavy (non-hydrogen) atoms. The average molecular weight is 295 g/mol. The van der Waals surface area contributed by atoms with Crippen molar-refractivity contribution in [1.29, 1.82) is 0 Å². The number of hydrogen-bond donors (Lipinski definition) is 0. The summed E-state index contributed by atoms with van der Waals surface area (Å²) in [5, 5.41) is 0. The van der Waals surface area contributed by atoms with Gasteiger partial charge < -0.3 is 0 Å². The van der Waals surface area contributed by atoms with Crippen LogP contribution in [0.4, 0.5) is 0 Å². The van der Waals surface area contributed by atoms with Crippen LogP contribution in [0, 0.1) is 13.8 Å². The maximum atomic E-state index is 12.2. The Morgan fingerprint density at radius 3 is 2.25 bits per heavy atom. The molecule has 1 aromatic heterocycles. The van der Waals surface area contributed by atoms with E-state index in [4.69, 9.17) is 0 Å². The average Bonchev–Trinajstić information content (AvgIpc) is 2.62. The van der Waals surface area contributed by atoms with Crippen LogP contribution in [-0.2, 0) is 0 Å². The molecule has 0 fully saturated rings. The molecule has 0 aliphatic heterocycles. The minimum atomic E-state index is 0.0995. The van der Waals surface area contributed by atoms with Gasteiger partial charge in [0.2, 0.25) is 5.78 Å². The molecule has 1 heterocycles. The molecule has 0 spiro atoms. The third-order valence-electron chi connectivity index (χ3n) is 2.28. The molecule has 0 aliphatic rings. The molecule has 2 rings (SSSR count). The van der Waals surface area contributed by atoms with E-state index in [2.05, 4.69) is 22.0 Å². The molecule has 0 aliphatic carbocycles. The minimum Gasteiger partial charge on any atom is -0.288 e. The fourth-order valence-corrected chi connectivity index (χ4v) is 3.03. The van der Waals surface area contributed by atoms with E-state index in [1.807, 2.05) is 38.1 Å². The molecule has 0 N–H and O–H groups in total. The van der Waals surface area contributed by atoms with E-state index in [0.717, 1.165) is 25.4 Å². The third kappa shape index (κ3) is 2.42. The van der Waals surface area contributed by atoms with Gasteiger partial charge >= 0.3 is 0 Å². The number of ketones is 1. The van der Waals surface area contributed by atoms with E-state index >= 15 is 0 Å². The van der Waals surface area contributed by atoms with E-state index in [1.165, 1.54) is 11.3 Å². The van der Waals surface area contributed by atoms with Crippen LogP contribution in [0.5, 0.6) is 0 Å². The number of thiophene rings is 1. The topological polar surface area (TPSA) is 17.1 Å². The number of aryl methyl sites for hydroxylation is 2. The van der Waals surface area contributed by atoms with Crippen LogP contribution in [0.25, 0.3) is 0 Å². The van der Waals surface area contributed by atoms with Gasteiger partial charge in [0.05, 0.1) is 8.66 Å². The Balaban J connectivity index is 2.41. The zero-order valence-corrected chi connectivity index (χ0v) is 11.5. The molecule has 0 atom stereocenters. The molecule has 0 unspecified atom stereocenters. The maximum Gasteiger partial charge on any atom is 0.202 e. The first kappa shape index (κ1) is 11.6. The van der Waals surface area contributed by atoms with E-state index in [0.29, 0.717) is 0 Å². The normalized spacial score (nSPS) is 10.4. The van der Waals surface area contributed by atoms with E-state index in [1.54, 1.807) is 0 Å². The van der Waals surface area contributed by atoms with Crippen LogP contribution >= 0.6 is 27.3 Å². The molecular weight excluding hydrogens is 284 g/mol. The van der Waals surface area contributed by atoms with Crippen molar-refractivity contribution in [2.75, 3.05) is 0 Å². The van der Waals surface area contributed by atoms with E-state index in [-0.39, 0.29) is 5.78 Å². The summed E-state index contributed by atoms with van der Waals surface area (Å²) in [5.41, 5.74) is 3.02. The monoisotopic (exact) mass is 294 g/mol. The Hall–Kier alpha value is -0.930. The first-order valence-corrected chi connectivity index (χ1v) is 6.55. The summed E-state index contributed by atoms with van der Waals surface area (Å²) >= 11 is 4.84. The Kier molecular flexibility index (Phi) is 3.26. The summed E-state index contributed by atoms with van der Waals surface area (Å²) < 4.78 is 0.986. The van der Waals surface area contributed by atoms with Gasteiger partial charge in [0, 0.05) is 5.56 Å². The summed E-state index contributed by atoms with van der Waals surface area (Å²) in [6, 6.07) is 9.70. The second-order valence-corrected chi connectivity index (χ2v) is 6.27. The first-order valence-electron chi connectivity index (χ1n) is 4.94. The number of benzene rings is 1. The zero-order chi connectivity index (χ0) is 11.7. The largest absolute Gasteiger partial charge is 0.288 e. The van der Waals surface area contributed by atoms with Gasteiger partial charge in [0.1, 0.15) is 0 Å². The van der Waals surface area contributed by atoms with Crippen molar-refractivity contribution in [1.82, 2.24) is 0 Å². The van der Waals surface area contributed by atoms with Gasteiger partial charge in [-0.2, -0.15) is 0 Å². The molecule has 3 heteroatoms. The van der Waals surface area contributed by atoms with Crippen molar-refractivity contribution < 1.29 is 4.79 Å². The highest BCUT2D eigenvalue weighted by molar-refractivity contribution is 9.11. The number of rotatable bonds is 2.